The van der Waals surface area contributed by atoms with E-state index in [1.165, 1.54) is 6.42 Å². The van der Waals surface area contributed by atoms with Gasteiger partial charge in [-0.15, -0.1) is 0 Å². The normalized spacial score (nSPS) is 16.5. The van der Waals surface area contributed by atoms with Crippen LogP contribution in [0.1, 0.15) is 32.1 Å². The van der Waals surface area contributed by atoms with E-state index in [0.29, 0.717) is 5.75 Å². The van der Waals surface area contributed by atoms with E-state index in [1.54, 1.807) is 16.9 Å². The molecule has 1 aliphatic carbocycles. The number of aromatic nitrogens is 2. The average molecular weight is 355 g/mol. The van der Waals surface area contributed by atoms with Crippen LogP contribution in [0, 0.1) is 6.07 Å². The van der Waals surface area contributed by atoms with E-state index >= 15 is 0 Å². The van der Waals surface area contributed by atoms with Crippen LogP contribution in [-0.4, -0.2) is 47.0 Å². The number of benzene rings is 1. The molecule has 6 nitrogen and oxygen atoms in total. The average Bonchev–Trinajstić information content (AvgIpc) is 3.07. The van der Waals surface area contributed by atoms with Gasteiger partial charge in [-0.2, -0.15) is 5.10 Å². The predicted octanol–water partition coefficient (Wildman–Crippen LogP) is 2.60. The minimum Gasteiger partial charge on any atom is -0.484 e. The van der Waals surface area contributed by atoms with Crippen LogP contribution in [0.2, 0.25) is 0 Å². The van der Waals surface area contributed by atoms with Crippen molar-refractivity contribution in [3.8, 4) is 16.9 Å². The van der Waals surface area contributed by atoms with Crippen molar-refractivity contribution in [3.05, 3.63) is 36.7 Å². The Kier molecular flexibility index (Phi) is 5.61. The smallest absolute Gasteiger partial charge is 0.259 e. The van der Waals surface area contributed by atoms with Gasteiger partial charge in [-0.05, 0) is 69.6 Å². The number of hydrogen-bond donors (Lipinski definition) is 1. The highest BCUT2D eigenvalue weighted by Crippen LogP contribution is 2.29. The van der Waals surface area contributed by atoms with Crippen molar-refractivity contribution in [1.82, 2.24) is 20.0 Å². The molecule has 0 saturated heterocycles. The van der Waals surface area contributed by atoms with Gasteiger partial charge in [-0.1, -0.05) is 6.42 Å². The molecule has 1 aliphatic rings. The second-order valence-corrected chi connectivity index (χ2v) is 7.18. The number of nitrogens with one attached hydrogen (secondary N) is 1. The minimum absolute atomic E-state index is 0.0000764. The summed E-state index contributed by atoms with van der Waals surface area (Å²) in [5.74, 6) is 0.538. The number of ether oxygens (including phenoxy) is 1. The SMILES string of the molecule is CN(C)C1(NC(=O)COc2c[c]cc(-c3cnn(C)c3)c2)CCCCC1. The Balaban J connectivity index is 1.61. The van der Waals surface area contributed by atoms with Crippen LogP contribution in [-0.2, 0) is 11.8 Å². The fourth-order valence-electron chi connectivity index (χ4n) is 3.54. The molecule has 3 rings (SSSR count). The molecule has 1 N–H and O–H groups in total. The van der Waals surface area contributed by atoms with Gasteiger partial charge < -0.3 is 10.1 Å². The van der Waals surface area contributed by atoms with Gasteiger partial charge in [0.05, 0.1) is 11.9 Å². The maximum absolute atomic E-state index is 12.5. The molecule has 0 aliphatic heterocycles. The van der Waals surface area contributed by atoms with E-state index in [1.807, 2.05) is 39.5 Å². The van der Waals surface area contributed by atoms with E-state index in [0.717, 1.165) is 36.8 Å². The third-order valence-electron chi connectivity index (χ3n) is 5.08. The number of nitrogens with zero attached hydrogens (tertiary/aromatic N) is 3. The molecule has 1 amide bonds. The number of carbonyl (C=O) groups is 1. The summed E-state index contributed by atoms with van der Waals surface area (Å²) in [5, 5.41) is 7.37. The van der Waals surface area contributed by atoms with Gasteiger partial charge in [0.25, 0.3) is 5.91 Å². The molecule has 0 spiro atoms. The van der Waals surface area contributed by atoms with Crippen LogP contribution >= 0.6 is 0 Å². The minimum atomic E-state index is -0.248. The standard InChI is InChI=1S/C20H27N4O2/c1-23(2)20(10-5-4-6-11-20)22-19(25)15-26-18-9-7-8-16(12-18)17-13-21-24(3)14-17/h8-9,12-14H,4-6,10-11,15H2,1-3H3,(H,22,25). The molecule has 0 atom stereocenters. The lowest BCUT2D eigenvalue weighted by molar-refractivity contribution is -0.128. The molecule has 1 fully saturated rings. The zero-order valence-electron chi connectivity index (χ0n) is 15.8. The Morgan fingerprint density at radius 3 is 2.73 bits per heavy atom. The summed E-state index contributed by atoms with van der Waals surface area (Å²) in [5.41, 5.74) is 1.71. The number of aryl methyl sites for hydroxylation is 1. The number of carbonyl (C=O) groups excluding carboxylic acids is 1. The summed E-state index contributed by atoms with van der Waals surface area (Å²) in [6.45, 7) is -0.0000764. The van der Waals surface area contributed by atoms with Crippen molar-refractivity contribution in [2.45, 2.75) is 37.8 Å². The molecule has 2 aromatic rings. The van der Waals surface area contributed by atoms with Gasteiger partial charge in [-0.25, -0.2) is 0 Å². The predicted molar refractivity (Wildman–Crippen MR) is 101 cm³/mol. The highest BCUT2D eigenvalue weighted by Gasteiger charge is 2.35. The van der Waals surface area contributed by atoms with Crippen LogP contribution in [0.25, 0.3) is 11.1 Å². The van der Waals surface area contributed by atoms with Gasteiger partial charge in [0, 0.05) is 18.8 Å². The number of amides is 1. The maximum atomic E-state index is 12.5. The molecule has 1 saturated carbocycles. The Hall–Kier alpha value is -2.34. The van der Waals surface area contributed by atoms with Crippen molar-refractivity contribution in [1.29, 1.82) is 0 Å². The fourth-order valence-corrected chi connectivity index (χ4v) is 3.54. The van der Waals surface area contributed by atoms with E-state index in [2.05, 4.69) is 21.4 Å². The lowest BCUT2D eigenvalue weighted by Crippen LogP contribution is -2.59. The highest BCUT2D eigenvalue weighted by molar-refractivity contribution is 5.78. The zero-order valence-corrected chi connectivity index (χ0v) is 15.8. The summed E-state index contributed by atoms with van der Waals surface area (Å²) >= 11 is 0. The molecule has 1 radical (unpaired) electrons. The summed E-state index contributed by atoms with van der Waals surface area (Å²) in [6, 6.07) is 8.60. The van der Waals surface area contributed by atoms with E-state index < -0.39 is 0 Å². The third kappa shape index (κ3) is 4.25. The molecular weight excluding hydrogens is 328 g/mol. The second kappa shape index (κ2) is 7.91. The number of rotatable bonds is 6. The van der Waals surface area contributed by atoms with Crippen molar-refractivity contribution >= 4 is 5.91 Å². The molecular formula is C20H27N4O2. The van der Waals surface area contributed by atoms with Gasteiger partial charge in [0.15, 0.2) is 6.61 Å². The topological polar surface area (TPSA) is 59.4 Å². The van der Waals surface area contributed by atoms with E-state index in [9.17, 15) is 4.79 Å². The Bertz CT molecular complexity index is 748. The third-order valence-corrected chi connectivity index (χ3v) is 5.08. The molecule has 6 heteroatoms. The Morgan fingerprint density at radius 1 is 1.31 bits per heavy atom. The van der Waals surface area contributed by atoms with Gasteiger partial charge in [0.2, 0.25) is 0 Å². The molecule has 0 bridgehead atoms. The van der Waals surface area contributed by atoms with Gasteiger partial charge >= 0.3 is 0 Å². The quantitative estimate of drug-likeness (QED) is 0.809. The molecule has 26 heavy (non-hydrogen) atoms. The first-order valence-corrected chi connectivity index (χ1v) is 9.10. The lowest BCUT2D eigenvalue weighted by Gasteiger charge is -2.43. The second-order valence-electron chi connectivity index (χ2n) is 7.18. The molecule has 1 aromatic carbocycles. The van der Waals surface area contributed by atoms with Gasteiger partial charge in [-0.3, -0.25) is 14.4 Å². The van der Waals surface area contributed by atoms with Crippen molar-refractivity contribution in [2.24, 2.45) is 7.05 Å². The monoisotopic (exact) mass is 355 g/mol. The van der Waals surface area contributed by atoms with Crippen LogP contribution in [0.5, 0.6) is 5.75 Å². The van der Waals surface area contributed by atoms with Crippen LogP contribution in [0.3, 0.4) is 0 Å². The summed E-state index contributed by atoms with van der Waals surface area (Å²) < 4.78 is 7.47. The molecule has 0 unspecified atom stereocenters. The van der Waals surface area contributed by atoms with Crippen LogP contribution in [0.15, 0.2) is 30.6 Å². The lowest BCUT2D eigenvalue weighted by atomic mass is 9.88. The zero-order chi connectivity index (χ0) is 18.6. The molecule has 1 aromatic heterocycles. The van der Waals surface area contributed by atoms with E-state index in [4.69, 9.17) is 4.74 Å². The van der Waals surface area contributed by atoms with Crippen molar-refractivity contribution < 1.29 is 9.53 Å². The van der Waals surface area contributed by atoms with Crippen molar-refractivity contribution in [2.75, 3.05) is 20.7 Å². The van der Waals surface area contributed by atoms with Gasteiger partial charge in [0.1, 0.15) is 5.75 Å². The molecule has 1 heterocycles. The van der Waals surface area contributed by atoms with E-state index in [-0.39, 0.29) is 18.2 Å². The first-order valence-electron chi connectivity index (χ1n) is 9.10. The van der Waals surface area contributed by atoms with Crippen LogP contribution < -0.4 is 10.1 Å². The Morgan fingerprint density at radius 2 is 2.08 bits per heavy atom. The van der Waals surface area contributed by atoms with Crippen LogP contribution in [0.4, 0.5) is 0 Å². The Labute approximate surface area is 155 Å². The first-order chi connectivity index (χ1) is 12.5. The highest BCUT2D eigenvalue weighted by atomic mass is 16.5. The fraction of sp³-hybridized carbons (Fsp3) is 0.500. The summed E-state index contributed by atoms with van der Waals surface area (Å²) in [7, 11) is 5.93. The summed E-state index contributed by atoms with van der Waals surface area (Å²) in [6.07, 6.45) is 9.21. The number of hydrogen-bond acceptors (Lipinski definition) is 4. The summed E-state index contributed by atoms with van der Waals surface area (Å²) in [4.78, 5) is 14.6. The maximum Gasteiger partial charge on any atom is 0.259 e. The first kappa shape index (κ1) is 18.5. The van der Waals surface area contributed by atoms with Crippen molar-refractivity contribution in [3.63, 3.8) is 0 Å². The largest absolute Gasteiger partial charge is 0.484 e. The molecule has 139 valence electrons.